The number of aromatic nitrogens is 1. The molecule has 3 rings (SSSR count). The fourth-order valence-corrected chi connectivity index (χ4v) is 2.64. The van der Waals surface area contributed by atoms with Crippen molar-refractivity contribution in [2.75, 3.05) is 20.3 Å². The van der Waals surface area contributed by atoms with Gasteiger partial charge in [-0.25, -0.2) is 0 Å². The number of amides is 1. The molecule has 0 spiro atoms. The molecule has 0 aliphatic carbocycles. The maximum Gasteiger partial charge on any atom is 0.252 e. The Morgan fingerprint density at radius 3 is 3.00 bits per heavy atom. The van der Waals surface area contributed by atoms with Gasteiger partial charge < -0.3 is 19.8 Å². The minimum absolute atomic E-state index is 0.196. The molecule has 0 radical (unpaired) electrons. The first-order chi connectivity index (χ1) is 11.2. The summed E-state index contributed by atoms with van der Waals surface area (Å²) >= 11 is 0. The molecule has 1 unspecified atom stereocenters. The minimum Gasteiger partial charge on any atom is -0.493 e. The number of hydrogen-bond acceptors (Lipinski definition) is 4. The number of nitrogens with one attached hydrogen (secondary N) is 2. The molecule has 1 aliphatic rings. The van der Waals surface area contributed by atoms with E-state index in [0.29, 0.717) is 18.7 Å². The van der Waals surface area contributed by atoms with E-state index < -0.39 is 0 Å². The van der Waals surface area contributed by atoms with Gasteiger partial charge in [-0.2, -0.15) is 0 Å². The summed E-state index contributed by atoms with van der Waals surface area (Å²) in [5, 5.41) is 2.88. The maximum atomic E-state index is 12.1. The van der Waals surface area contributed by atoms with Crippen LogP contribution in [0.1, 0.15) is 15.9 Å². The molecule has 2 N–H and O–H groups in total. The lowest BCUT2D eigenvalue weighted by Crippen LogP contribution is -2.35. The second kappa shape index (κ2) is 6.56. The third-order valence-electron chi connectivity index (χ3n) is 3.85. The molecule has 2 heterocycles. The lowest BCUT2D eigenvalue weighted by atomic mass is 9.96. The number of fused-ring (bicyclic) bond motifs is 1. The number of aromatic amines is 1. The van der Waals surface area contributed by atoms with Crippen molar-refractivity contribution in [3.63, 3.8) is 0 Å². The Morgan fingerprint density at radius 2 is 2.26 bits per heavy atom. The molecule has 1 amide bonds. The summed E-state index contributed by atoms with van der Waals surface area (Å²) in [5.74, 6) is 1.51. The third-order valence-corrected chi connectivity index (χ3v) is 3.85. The van der Waals surface area contributed by atoms with E-state index >= 15 is 0 Å². The number of ether oxygens (including phenoxy) is 2. The molecule has 1 atom stereocenters. The van der Waals surface area contributed by atoms with Crippen molar-refractivity contribution in [3.8, 4) is 11.5 Å². The highest BCUT2D eigenvalue weighted by atomic mass is 16.5. The molecule has 0 fully saturated rings. The number of pyridine rings is 1. The van der Waals surface area contributed by atoms with Crippen LogP contribution < -0.4 is 20.3 Å². The first-order valence-corrected chi connectivity index (χ1v) is 7.43. The van der Waals surface area contributed by atoms with Gasteiger partial charge in [0.25, 0.3) is 5.91 Å². The zero-order valence-corrected chi connectivity index (χ0v) is 12.8. The van der Waals surface area contributed by atoms with Gasteiger partial charge in [-0.15, -0.1) is 0 Å². The van der Waals surface area contributed by atoms with Crippen molar-refractivity contribution in [1.29, 1.82) is 0 Å². The molecular formula is C17H18N2O4. The van der Waals surface area contributed by atoms with Crippen LogP contribution in [0.25, 0.3) is 0 Å². The van der Waals surface area contributed by atoms with E-state index in [4.69, 9.17) is 9.47 Å². The lowest BCUT2D eigenvalue weighted by molar-refractivity contribution is 0.0938. The van der Waals surface area contributed by atoms with Gasteiger partial charge in [0.05, 0.1) is 19.3 Å². The van der Waals surface area contributed by atoms with Crippen molar-refractivity contribution >= 4 is 5.91 Å². The Morgan fingerprint density at radius 1 is 1.39 bits per heavy atom. The minimum atomic E-state index is -0.229. The number of carbonyl (C=O) groups excluding carboxylic acids is 1. The predicted molar refractivity (Wildman–Crippen MR) is 85.1 cm³/mol. The fourth-order valence-electron chi connectivity index (χ4n) is 2.64. The SMILES string of the molecule is COc1cccc2c1OCC(CNC(=O)c1ccc(=O)[nH]c1)C2. The molecule has 1 aliphatic heterocycles. The van der Waals surface area contributed by atoms with Crippen LogP contribution in [0.4, 0.5) is 0 Å². The average molecular weight is 314 g/mol. The Hall–Kier alpha value is -2.76. The molecule has 120 valence electrons. The predicted octanol–water partition coefficient (Wildman–Crippen LogP) is 1.36. The quantitative estimate of drug-likeness (QED) is 0.893. The van der Waals surface area contributed by atoms with Gasteiger partial charge in [0, 0.05) is 24.7 Å². The number of hydrogen-bond donors (Lipinski definition) is 2. The Bertz CT molecular complexity index is 749. The second-order valence-electron chi connectivity index (χ2n) is 5.48. The molecule has 6 nitrogen and oxygen atoms in total. The first kappa shape index (κ1) is 15.1. The molecule has 23 heavy (non-hydrogen) atoms. The van der Waals surface area contributed by atoms with E-state index in [1.807, 2.05) is 18.2 Å². The average Bonchev–Trinajstić information content (AvgIpc) is 2.59. The van der Waals surface area contributed by atoms with Crippen molar-refractivity contribution in [1.82, 2.24) is 10.3 Å². The van der Waals surface area contributed by atoms with E-state index in [1.165, 1.54) is 18.3 Å². The van der Waals surface area contributed by atoms with Gasteiger partial charge in [0.15, 0.2) is 11.5 Å². The summed E-state index contributed by atoms with van der Waals surface area (Å²) in [5.41, 5.74) is 1.29. The van der Waals surface area contributed by atoms with Crippen LogP contribution in [-0.2, 0) is 6.42 Å². The van der Waals surface area contributed by atoms with Crippen LogP contribution in [0.15, 0.2) is 41.3 Å². The maximum absolute atomic E-state index is 12.1. The normalized spacial score (nSPS) is 16.1. The first-order valence-electron chi connectivity index (χ1n) is 7.43. The van der Waals surface area contributed by atoms with E-state index in [9.17, 15) is 9.59 Å². The Kier molecular flexibility index (Phi) is 4.32. The van der Waals surface area contributed by atoms with Gasteiger partial charge in [0.2, 0.25) is 5.56 Å². The van der Waals surface area contributed by atoms with Gasteiger partial charge >= 0.3 is 0 Å². The summed E-state index contributed by atoms with van der Waals surface area (Å²) in [7, 11) is 1.62. The van der Waals surface area contributed by atoms with E-state index in [1.54, 1.807) is 7.11 Å². The molecule has 6 heteroatoms. The van der Waals surface area contributed by atoms with E-state index in [-0.39, 0.29) is 17.4 Å². The molecule has 0 bridgehead atoms. The third kappa shape index (κ3) is 3.36. The number of benzene rings is 1. The van der Waals surface area contributed by atoms with Crippen LogP contribution in [0.5, 0.6) is 11.5 Å². The molecular weight excluding hydrogens is 296 g/mol. The molecule has 0 saturated carbocycles. The summed E-state index contributed by atoms with van der Waals surface area (Å²) in [4.78, 5) is 25.5. The standard InChI is InChI=1S/C17H18N2O4/c1-22-14-4-2-3-12-7-11(10-23-16(12)14)8-19-17(21)13-5-6-15(20)18-9-13/h2-6,9,11H,7-8,10H2,1H3,(H,18,20)(H,19,21). The summed E-state index contributed by atoms with van der Waals surface area (Å²) in [6.45, 7) is 1.04. The summed E-state index contributed by atoms with van der Waals surface area (Å²) < 4.78 is 11.1. The zero-order valence-electron chi connectivity index (χ0n) is 12.8. The van der Waals surface area contributed by atoms with E-state index in [2.05, 4.69) is 10.3 Å². The lowest BCUT2D eigenvalue weighted by Gasteiger charge is -2.26. The highest BCUT2D eigenvalue weighted by Crippen LogP contribution is 2.35. The fraction of sp³-hybridized carbons (Fsp3) is 0.294. The molecule has 1 aromatic heterocycles. The Labute approximate surface area is 133 Å². The Balaban J connectivity index is 1.60. The highest BCUT2D eigenvalue weighted by Gasteiger charge is 2.23. The van der Waals surface area contributed by atoms with Gasteiger partial charge in [-0.3, -0.25) is 9.59 Å². The summed E-state index contributed by atoms with van der Waals surface area (Å²) in [6, 6.07) is 8.65. The number of para-hydroxylation sites is 1. The molecule has 2 aromatic rings. The van der Waals surface area contributed by atoms with Crippen molar-refractivity contribution in [2.45, 2.75) is 6.42 Å². The van der Waals surface area contributed by atoms with Crippen LogP contribution in [0.3, 0.4) is 0 Å². The van der Waals surface area contributed by atoms with Gasteiger partial charge in [-0.1, -0.05) is 12.1 Å². The molecule has 0 saturated heterocycles. The second-order valence-corrected chi connectivity index (χ2v) is 5.48. The monoisotopic (exact) mass is 314 g/mol. The molecule has 1 aromatic carbocycles. The highest BCUT2D eigenvalue weighted by molar-refractivity contribution is 5.93. The van der Waals surface area contributed by atoms with Crippen molar-refractivity contribution < 1.29 is 14.3 Å². The number of rotatable bonds is 4. The number of methoxy groups -OCH3 is 1. The van der Waals surface area contributed by atoms with Crippen molar-refractivity contribution in [3.05, 3.63) is 58.0 Å². The topological polar surface area (TPSA) is 80.4 Å². The van der Waals surface area contributed by atoms with Gasteiger partial charge in [0.1, 0.15) is 0 Å². The van der Waals surface area contributed by atoms with Crippen LogP contribution >= 0.6 is 0 Å². The van der Waals surface area contributed by atoms with Crippen LogP contribution in [0, 0.1) is 5.92 Å². The number of H-pyrrole nitrogens is 1. The zero-order chi connectivity index (χ0) is 16.2. The van der Waals surface area contributed by atoms with Crippen LogP contribution in [0.2, 0.25) is 0 Å². The van der Waals surface area contributed by atoms with Gasteiger partial charge in [-0.05, 0) is 24.1 Å². The largest absolute Gasteiger partial charge is 0.493 e. The van der Waals surface area contributed by atoms with E-state index in [0.717, 1.165) is 23.5 Å². The summed E-state index contributed by atoms with van der Waals surface area (Å²) in [6.07, 6.45) is 2.23. The smallest absolute Gasteiger partial charge is 0.252 e. The number of carbonyl (C=O) groups is 1. The van der Waals surface area contributed by atoms with Crippen LogP contribution in [-0.4, -0.2) is 31.2 Å². The van der Waals surface area contributed by atoms with Crippen molar-refractivity contribution in [2.24, 2.45) is 5.92 Å².